The summed E-state index contributed by atoms with van der Waals surface area (Å²) in [5.74, 6) is 0. The fourth-order valence-corrected chi connectivity index (χ4v) is 5.58. The van der Waals surface area contributed by atoms with Crippen molar-refractivity contribution in [3.63, 3.8) is 0 Å². The molecule has 3 rings (SSSR count). The summed E-state index contributed by atoms with van der Waals surface area (Å²) >= 11 is 2.04. The molecule has 1 heterocycles. The van der Waals surface area contributed by atoms with Gasteiger partial charge >= 0.3 is 0 Å². The van der Waals surface area contributed by atoms with Gasteiger partial charge < -0.3 is 5.11 Å². The molecule has 1 aromatic heterocycles. The number of fused-ring (bicyclic) bond motifs is 1. The number of nitrogens with zero attached hydrogens (tertiary/aromatic N) is 1. The summed E-state index contributed by atoms with van der Waals surface area (Å²) in [5, 5.41) is 10.1. The van der Waals surface area contributed by atoms with Gasteiger partial charge in [0.2, 0.25) is 0 Å². The fourth-order valence-electron chi connectivity index (χ4n) is 2.53. The Labute approximate surface area is 142 Å². The van der Waals surface area contributed by atoms with Crippen LogP contribution in [0.4, 0.5) is 0 Å². The van der Waals surface area contributed by atoms with Gasteiger partial charge in [-0.1, -0.05) is 36.4 Å². The molecule has 2 aromatic carbocycles. The zero-order valence-electron chi connectivity index (χ0n) is 11.6. The minimum Gasteiger partial charge on any atom is -0.396 e. The molecule has 22 heavy (non-hydrogen) atoms. The lowest BCUT2D eigenvalue weighted by molar-refractivity contribution is 0.300. The van der Waals surface area contributed by atoms with E-state index in [1.807, 2.05) is 40.8 Å². The molecule has 6 heteroatoms. The lowest BCUT2D eigenvalue weighted by Crippen LogP contribution is -2.14. The topological polar surface area (TPSA) is 59.3 Å². The van der Waals surface area contributed by atoms with Gasteiger partial charge in [-0.25, -0.2) is 12.4 Å². The summed E-state index contributed by atoms with van der Waals surface area (Å²) in [6.45, 7) is -0.0185. The zero-order chi connectivity index (χ0) is 15.7. The molecule has 3 aromatic rings. The lowest BCUT2D eigenvalue weighted by Gasteiger charge is -2.09. The molecule has 0 atom stereocenters. The quantitative estimate of drug-likeness (QED) is 0.652. The number of benzene rings is 2. The maximum absolute atomic E-state index is 13.0. The molecule has 0 fully saturated rings. The van der Waals surface area contributed by atoms with Crippen LogP contribution in [0, 0.1) is 3.70 Å². The highest BCUT2D eigenvalue weighted by molar-refractivity contribution is 14.1. The molecule has 4 nitrogen and oxygen atoms in total. The van der Waals surface area contributed by atoms with Crippen molar-refractivity contribution < 1.29 is 13.5 Å². The molecule has 0 unspecified atom stereocenters. The van der Waals surface area contributed by atoms with Crippen molar-refractivity contribution in [2.24, 2.45) is 0 Å². The Balaban J connectivity index is 2.34. The Bertz CT molecular complexity index is 917. The lowest BCUT2D eigenvalue weighted by atomic mass is 10.1. The van der Waals surface area contributed by atoms with E-state index in [4.69, 9.17) is 0 Å². The van der Waals surface area contributed by atoms with Gasteiger partial charge in [0.1, 0.15) is 0 Å². The summed E-state index contributed by atoms with van der Waals surface area (Å²) in [7, 11) is -3.67. The van der Waals surface area contributed by atoms with Gasteiger partial charge in [-0.15, -0.1) is 0 Å². The summed E-state index contributed by atoms with van der Waals surface area (Å²) < 4.78 is 27.9. The van der Waals surface area contributed by atoms with Crippen molar-refractivity contribution in [1.29, 1.82) is 0 Å². The number of aliphatic hydroxyl groups is 1. The number of aliphatic hydroxyl groups excluding tert-OH is 1. The van der Waals surface area contributed by atoms with Crippen LogP contribution in [0.2, 0.25) is 0 Å². The van der Waals surface area contributed by atoms with Crippen LogP contribution in [0.15, 0.2) is 59.5 Å². The van der Waals surface area contributed by atoms with Crippen LogP contribution in [0.1, 0.15) is 5.56 Å². The van der Waals surface area contributed by atoms with E-state index in [1.54, 1.807) is 36.4 Å². The minimum atomic E-state index is -3.67. The predicted molar refractivity (Wildman–Crippen MR) is 94.5 cm³/mol. The molecular weight excluding hydrogens is 413 g/mol. The van der Waals surface area contributed by atoms with E-state index in [0.717, 1.165) is 10.9 Å². The van der Waals surface area contributed by atoms with Crippen LogP contribution in [-0.4, -0.2) is 24.1 Å². The Kier molecular flexibility index (Phi) is 4.24. The highest BCUT2D eigenvalue weighted by Crippen LogP contribution is 2.31. The third kappa shape index (κ3) is 2.45. The van der Waals surface area contributed by atoms with Gasteiger partial charge in [0.15, 0.2) is 0 Å². The number of para-hydroxylation sites is 1. The van der Waals surface area contributed by atoms with Crippen molar-refractivity contribution in [1.82, 2.24) is 3.97 Å². The molecule has 0 aliphatic rings. The molecule has 114 valence electrons. The first-order valence-corrected chi connectivity index (χ1v) is 9.28. The first-order chi connectivity index (χ1) is 10.6. The normalized spacial score (nSPS) is 11.9. The van der Waals surface area contributed by atoms with Crippen LogP contribution in [0.3, 0.4) is 0 Å². The average molecular weight is 427 g/mol. The smallest absolute Gasteiger partial charge is 0.269 e. The van der Waals surface area contributed by atoms with E-state index >= 15 is 0 Å². The molecule has 0 aliphatic carbocycles. The minimum absolute atomic E-state index is 0.0185. The van der Waals surface area contributed by atoms with E-state index in [-0.39, 0.29) is 11.5 Å². The maximum Gasteiger partial charge on any atom is 0.269 e. The first kappa shape index (κ1) is 15.5. The average Bonchev–Trinajstić information content (AvgIpc) is 2.82. The van der Waals surface area contributed by atoms with E-state index in [0.29, 0.717) is 15.6 Å². The van der Waals surface area contributed by atoms with Crippen molar-refractivity contribution >= 4 is 43.5 Å². The predicted octanol–water partition coefficient (Wildman–Crippen LogP) is 3.02. The molecule has 0 bridgehead atoms. The molecular formula is C16H14INO3S. The van der Waals surface area contributed by atoms with Crippen LogP contribution >= 0.6 is 22.6 Å². The van der Waals surface area contributed by atoms with E-state index < -0.39 is 10.0 Å². The van der Waals surface area contributed by atoms with E-state index in [2.05, 4.69) is 0 Å². The fraction of sp³-hybridized carbons (Fsp3) is 0.125. The van der Waals surface area contributed by atoms with Gasteiger partial charge in [0.05, 0.1) is 14.1 Å². The van der Waals surface area contributed by atoms with Crippen LogP contribution in [0.25, 0.3) is 10.9 Å². The molecule has 0 saturated carbocycles. The summed E-state index contributed by atoms with van der Waals surface area (Å²) in [6, 6.07) is 15.8. The van der Waals surface area contributed by atoms with Gasteiger partial charge in [0, 0.05) is 12.0 Å². The zero-order valence-corrected chi connectivity index (χ0v) is 14.6. The van der Waals surface area contributed by atoms with E-state index in [1.165, 1.54) is 3.97 Å². The summed E-state index contributed by atoms with van der Waals surface area (Å²) in [5.41, 5.74) is 1.50. The highest BCUT2D eigenvalue weighted by atomic mass is 127. The number of hydrogen-bond donors (Lipinski definition) is 1. The Hall–Kier alpha value is -1.38. The van der Waals surface area contributed by atoms with Crippen LogP contribution in [0.5, 0.6) is 0 Å². The number of aromatic nitrogens is 1. The largest absolute Gasteiger partial charge is 0.396 e. The van der Waals surface area contributed by atoms with Crippen molar-refractivity contribution in [3.8, 4) is 0 Å². The summed E-state index contributed by atoms with van der Waals surface area (Å²) in [4.78, 5) is 0.254. The van der Waals surface area contributed by atoms with Crippen LogP contribution in [-0.2, 0) is 16.4 Å². The van der Waals surface area contributed by atoms with Gasteiger partial charge in [-0.3, -0.25) is 0 Å². The van der Waals surface area contributed by atoms with Crippen molar-refractivity contribution in [2.45, 2.75) is 11.3 Å². The van der Waals surface area contributed by atoms with Gasteiger partial charge in [0.25, 0.3) is 10.0 Å². The molecule has 0 radical (unpaired) electrons. The van der Waals surface area contributed by atoms with Gasteiger partial charge in [-0.05, 0) is 52.8 Å². The second kappa shape index (κ2) is 6.02. The molecule has 1 N–H and O–H groups in total. The molecule has 0 amide bonds. The standard InChI is InChI=1S/C16H14INO3S/c17-16-14(10-11-19)13-8-4-5-9-15(13)18(16)22(20,21)12-6-2-1-3-7-12/h1-9,19H,10-11H2. The third-order valence-corrected chi connectivity index (χ3v) is 6.71. The second-order valence-electron chi connectivity index (χ2n) is 4.84. The molecule has 0 saturated heterocycles. The summed E-state index contributed by atoms with van der Waals surface area (Å²) in [6.07, 6.45) is 0.427. The Morgan fingerprint density at radius 3 is 2.32 bits per heavy atom. The van der Waals surface area contributed by atoms with Gasteiger partial charge in [-0.2, -0.15) is 0 Å². The third-order valence-electron chi connectivity index (χ3n) is 3.52. The maximum atomic E-state index is 13.0. The molecule has 0 spiro atoms. The second-order valence-corrected chi connectivity index (χ2v) is 7.65. The Morgan fingerprint density at radius 2 is 1.64 bits per heavy atom. The van der Waals surface area contributed by atoms with Crippen molar-refractivity contribution in [3.05, 3.63) is 63.9 Å². The molecule has 0 aliphatic heterocycles. The monoisotopic (exact) mass is 427 g/mol. The van der Waals surface area contributed by atoms with Crippen LogP contribution < -0.4 is 0 Å². The Morgan fingerprint density at radius 1 is 1.00 bits per heavy atom. The number of rotatable bonds is 4. The SMILES string of the molecule is O=S(=O)(c1ccccc1)n1c(I)c(CCO)c2ccccc21. The number of hydrogen-bond acceptors (Lipinski definition) is 3. The number of halogens is 1. The van der Waals surface area contributed by atoms with Crippen molar-refractivity contribution in [2.75, 3.05) is 6.61 Å². The highest BCUT2D eigenvalue weighted by Gasteiger charge is 2.25. The van der Waals surface area contributed by atoms with E-state index in [9.17, 15) is 13.5 Å². The first-order valence-electron chi connectivity index (χ1n) is 6.76.